The molecular formula is C12H17BrFNO2. The third-order valence-corrected chi connectivity index (χ3v) is 3.86. The summed E-state index contributed by atoms with van der Waals surface area (Å²) >= 11 is 3.17. The lowest BCUT2D eigenvalue weighted by Gasteiger charge is -2.30. The standard InChI is InChI=1S/C12H17BrFNO2/c1-2-12(7-16,8-17)15-6-9-4-3-5-10(14)11(9)13/h3-5,15-17H,2,6-8H2,1H3. The van der Waals surface area contributed by atoms with Gasteiger partial charge in [-0.3, -0.25) is 0 Å². The zero-order valence-electron chi connectivity index (χ0n) is 9.71. The molecule has 3 nitrogen and oxygen atoms in total. The summed E-state index contributed by atoms with van der Waals surface area (Å²) in [6.45, 7) is 1.94. The Morgan fingerprint density at radius 3 is 2.53 bits per heavy atom. The summed E-state index contributed by atoms with van der Waals surface area (Å²) in [5.41, 5.74) is 0.0379. The van der Waals surface area contributed by atoms with Crippen LogP contribution in [-0.4, -0.2) is 29.0 Å². The molecular weight excluding hydrogens is 289 g/mol. The minimum absolute atomic E-state index is 0.160. The minimum Gasteiger partial charge on any atom is -0.394 e. The maximum Gasteiger partial charge on any atom is 0.137 e. The van der Waals surface area contributed by atoms with Crippen molar-refractivity contribution < 1.29 is 14.6 Å². The molecule has 0 atom stereocenters. The van der Waals surface area contributed by atoms with Gasteiger partial charge >= 0.3 is 0 Å². The van der Waals surface area contributed by atoms with Crippen LogP contribution in [0.1, 0.15) is 18.9 Å². The maximum atomic E-state index is 13.3. The van der Waals surface area contributed by atoms with Gasteiger partial charge in [-0.25, -0.2) is 4.39 Å². The van der Waals surface area contributed by atoms with Crippen LogP contribution >= 0.6 is 15.9 Å². The molecule has 1 rings (SSSR count). The van der Waals surface area contributed by atoms with Gasteiger partial charge in [0.1, 0.15) is 5.82 Å². The average Bonchev–Trinajstić information content (AvgIpc) is 2.36. The number of benzene rings is 1. The Kier molecular flexibility index (Phi) is 5.52. The van der Waals surface area contributed by atoms with E-state index in [1.54, 1.807) is 12.1 Å². The van der Waals surface area contributed by atoms with E-state index in [1.165, 1.54) is 6.07 Å². The molecule has 5 heteroatoms. The third kappa shape index (κ3) is 3.48. The molecule has 0 aromatic heterocycles. The van der Waals surface area contributed by atoms with Crippen molar-refractivity contribution in [3.05, 3.63) is 34.1 Å². The van der Waals surface area contributed by atoms with Crippen LogP contribution in [0.4, 0.5) is 4.39 Å². The Labute approximate surface area is 109 Å². The maximum absolute atomic E-state index is 13.3. The Morgan fingerprint density at radius 1 is 1.35 bits per heavy atom. The van der Waals surface area contributed by atoms with E-state index in [-0.39, 0.29) is 19.0 Å². The van der Waals surface area contributed by atoms with Gasteiger partial charge in [-0.1, -0.05) is 19.1 Å². The second-order valence-corrected chi connectivity index (χ2v) is 4.81. The fourth-order valence-electron chi connectivity index (χ4n) is 1.48. The summed E-state index contributed by atoms with van der Waals surface area (Å²) in [5.74, 6) is -0.320. The summed E-state index contributed by atoms with van der Waals surface area (Å²) in [5, 5.41) is 21.6. The number of aliphatic hydroxyl groups excluding tert-OH is 2. The van der Waals surface area contributed by atoms with E-state index in [1.807, 2.05) is 6.92 Å². The molecule has 0 amide bonds. The van der Waals surface area contributed by atoms with Gasteiger partial charge in [0, 0.05) is 6.54 Å². The van der Waals surface area contributed by atoms with E-state index in [2.05, 4.69) is 21.2 Å². The van der Waals surface area contributed by atoms with E-state index in [0.29, 0.717) is 17.4 Å². The second-order valence-electron chi connectivity index (χ2n) is 4.02. The molecule has 0 aliphatic rings. The summed E-state index contributed by atoms with van der Waals surface area (Å²) in [4.78, 5) is 0. The molecule has 1 aromatic rings. The molecule has 0 aliphatic carbocycles. The monoisotopic (exact) mass is 305 g/mol. The van der Waals surface area contributed by atoms with E-state index < -0.39 is 5.54 Å². The molecule has 1 aromatic carbocycles. The normalized spacial score (nSPS) is 11.8. The third-order valence-electron chi connectivity index (χ3n) is 2.97. The van der Waals surface area contributed by atoms with Crippen LogP contribution in [0.5, 0.6) is 0 Å². The first-order chi connectivity index (χ1) is 8.08. The van der Waals surface area contributed by atoms with Crippen LogP contribution in [0.2, 0.25) is 0 Å². The Balaban J connectivity index is 2.75. The van der Waals surface area contributed by atoms with Crippen LogP contribution in [0.15, 0.2) is 22.7 Å². The van der Waals surface area contributed by atoms with Crippen LogP contribution in [0.3, 0.4) is 0 Å². The molecule has 0 fully saturated rings. The molecule has 0 saturated heterocycles. The van der Waals surface area contributed by atoms with E-state index in [0.717, 1.165) is 5.56 Å². The highest BCUT2D eigenvalue weighted by molar-refractivity contribution is 9.10. The predicted molar refractivity (Wildman–Crippen MR) is 68.1 cm³/mol. The van der Waals surface area contributed by atoms with Crippen molar-refractivity contribution >= 4 is 15.9 Å². The molecule has 0 heterocycles. The SMILES string of the molecule is CCC(CO)(CO)NCc1cccc(F)c1Br. The van der Waals surface area contributed by atoms with Gasteiger partial charge in [-0.2, -0.15) is 0 Å². The van der Waals surface area contributed by atoms with E-state index in [4.69, 9.17) is 0 Å². The number of aliphatic hydroxyl groups is 2. The van der Waals surface area contributed by atoms with Gasteiger partial charge in [-0.15, -0.1) is 0 Å². The molecule has 0 unspecified atom stereocenters. The minimum atomic E-state index is -0.717. The van der Waals surface area contributed by atoms with Gasteiger partial charge in [0.15, 0.2) is 0 Å². The second kappa shape index (κ2) is 6.44. The highest BCUT2D eigenvalue weighted by atomic mass is 79.9. The molecule has 0 aliphatic heterocycles. The van der Waals surface area contributed by atoms with E-state index >= 15 is 0 Å². The van der Waals surface area contributed by atoms with Crippen molar-refractivity contribution in [1.82, 2.24) is 5.32 Å². The van der Waals surface area contributed by atoms with E-state index in [9.17, 15) is 14.6 Å². The van der Waals surface area contributed by atoms with Gasteiger partial charge in [0.25, 0.3) is 0 Å². The van der Waals surface area contributed by atoms with Crippen molar-refractivity contribution in [2.24, 2.45) is 0 Å². The van der Waals surface area contributed by atoms with Crippen molar-refractivity contribution in [2.75, 3.05) is 13.2 Å². The molecule has 0 saturated carbocycles. The average molecular weight is 306 g/mol. The fourth-order valence-corrected chi connectivity index (χ4v) is 1.88. The molecule has 17 heavy (non-hydrogen) atoms. The highest BCUT2D eigenvalue weighted by Gasteiger charge is 2.25. The van der Waals surface area contributed by atoms with Crippen molar-refractivity contribution in [3.63, 3.8) is 0 Å². The number of hydrogen-bond acceptors (Lipinski definition) is 3. The zero-order chi connectivity index (χ0) is 12.9. The first-order valence-electron chi connectivity index (χ1n) is 5.48. The fraction of sp³-hybridized carbons (Fsp3) is 0.500. The lowest BCUT2D eigenvalue weighted by atomic mass is 9.98. The lowest BCUT2D eigenvalue weighted by molar-refractivity contribution is 0.0863. The molecule has 96 valence electrons. The molecule has 3 N–H and O–H groups in total. The number of rotatable bonds is 6. The van der Waals surface area contributed by atoms with Gasteiger partial charge < -0.3 is 15.5 Å². The summed E-state index contributed by atoms with van der Waals surface area (Å²) < 4.78 is 13.7. The molecule has 0 bridgehead atoms. The van der Waals surface area contributed by atoms with Gasteiger partial charge in [-0.05, 0) is 34.0 Å². The van der Waals surface area contributed by atoms with Crippen molar-refractivity contribution in [3.8, 4) is 0 Å². The quantitative estimate of drug-likeness (QED) is 0.751. The van der Waals surface area contributed by atoms with Crippen LogP contribution in [-0.2, 0) is 6.54 Å². The summed E-state index contributed by atoms with van der Waals surface area (Å²) in [6, 6.07) is 4.79. The summed E-state index contributed by atoms with van der Waals surface area (Å²) in [7, 11) is 0. The number of hydrogen-bond donors (Lipinski definition) is 3. The zero-order valence-corrected chi connectivity index (χ0v) is 11.3. The predicted octanol–water partition coefficient (Wildman–Crippen LogP) is 1.81. The smallest absolute Gasteiger partial charge is 0.137 e. The van der Waals surface area contributed by atoms with Gasteiger partial charge in [0.05, 0.1) is 23.2 Å². The Morgan fingerprint density at radius 2 is 2.00 bits per heavy atom. The van der Waals surface area contributed by atoms with Crippen LogP contribution in [0, 0.1) is 5.82 Å². The Hall–Kier alpha value is -0.490. The largest absolute Gasteiger partial charge is 0.394 e. The van der Waals surface area contributed by atoms with Crippen molar-refractivity contribution in [2.45, 2.75) is 25.4 Å². The first-order valence-corrected chi connectivity index (χ1v) is 6.27. The number of nitrogens with one attached hydrogen (secondary N) is 1. The molecule has 0 spiro atoms. The number of halogens is 2. The molecule has 0 radical (unpaired) electrons. The highest BCUT2D eigenvalue weighted by Crippen LogP contribution is 2.21. The summed E-state index contributed by atoms with van der Waals surface area (Å²) in [6.07, 6.45) is 0.590. The topological polar surface area (TPSA) is 52.5 Å². The first kappa shape index (κ1) is 14.6. The van der Waals surface area contributed by atoms with Gasteiger partial charge in [0.2, 0.25) is 0 Å². The van der Waals surface area contributed by atoms with Crippen LogP contribution < -0.4 is 5.32 Å². The Bertz CT molecular complexity index is 361. The van der Waals surface area contributed by atoms with Crippen molar-refractivity contribution in [1.29, 1.82) is 0 Å². The van der Waals surface area contributed by atoms with Crippen LogP contribution in [0.25, 0.3) is 0 Å². The lowest BCUT2D eigenvalue weighted by Crippen LogP contribution is -2.50.